The molecule has 2 heterocycles. The summed E-state index contributed by atoms with van der Waals surface area (Å²) >= 11 is 6.03. The van der Waals surface area contributed by atoms with Gasteiger partial charge in [-0.05, 0) is 68.6 Å². The van der Waals surface area contributed by atoms with Crippen molar-refractivity contribution in [3.8, 4) is 0 Å². The van der Waals surface area contributed by atoms with Gasteiger partial charge >= 0.3 is 0 Å². The Morgan fingerprint density at radius 1 is 1.15 bits per heavy atom. The summed E-state index contributed by atoms with van der Waals surface area (Å²) in [6.07, 6.45) is 4.97. The van der Waals surface area contributed by atoms with E-state index >= 15 is 0 Å². The highest BCUT2D eigenvalue weighted by Gasteiger charge is 2.16. The fraction of sp³-hybridized carbons (Fsp3) is 0.368. The van der Waals surface area contributed by atoms with Crippen LogP contribution in [-0.4, -0.2) is 24.9 Å². The fourth-order valence-corrected chi connectivity index (χ4v) is 3.21. The van der Waals surface area contributed by atoms with E-state index in [2.05, 4.69) is 16.0 Å². The zero-order chi connectivity index (χ0) is 18.4. The number of furan rings is 1. The smallest absolute Gasteiger partial charge is 0.291 e. The van der Waals surface area contributed by atoms with Crippen LogP contribution in [0, 0.1) is 5.92 Å². The molecule has 1 fully saturated rings. The van der Waals surface area contributed by atoms with Crippen molar-refractivity contribution in [1.29, 1.82) is 0 Å². The van der Waals surface area contributed by atoms with E-state index in [1.807, 2.05) is 0 Å². The molecule has 0 radical (unpaired) electrons. The van der Waals surface area contributed by atoms with Gasteiger partial charge in [0.25, 0.3) is 5.91 Å². The number of anilines is 2. The second kappa shape index (κ2) is 8.87. The van der Waals surface area contributed by atoms with Crippen molar-refractivity contribution in [2.45, 2.75) is 25.7 Å². The van der Waals surface area contributed by atoms with Crippen LogP contribution in [0.2, 0.25) is 5.02 Å². The molecule has 0 atom stereocenters. The van der Waals surface area contributed by atoms with Crippen molar-refractivity contribution in [3.05, 3.63) is 47.4 Å². The minimum Gasteiger partial charge on any atom is -0.459 e. The van der Waals surface area contributed by atoms with Crippen LogP contribution in [-0.2, 0) is 4.79 Å². The highest BCUT2D eigenvalue weighted by molar-refractivity contribution is 6.31. The van der Waals surface area contributed by atoms with Crippen molar-refractivity contribution in [2.75, 3.05) is 23.7 Å². The van der Waals surface area contributed by atoms with Crippen LogP contribution < -0.4 is 16.0 Å². The number of hydrogen-bond acceptors (Lipinski definition) is 4. The van der Waals surface area contributed by atoms with Gasteiger partial charge in [0.05, 0.1) is 17.6 Å². The lowest BCUT2D eigenvalue weighted by Crippen LogP contribution is -2.28. The predicted molar refractivity (Wildman–Crippen MR) is 102 cm³/mol. The number of carbonyl (C=O) groups excluding carboxylic acids is 2. The first-order valence-corrected chi connectivity index (χ1v) is 9.14. The molecule has 0 bridgehead atoms. The normalized spacial score (nSPS) is 14.8. The molecule has 7 heteroatoms. The molecule has 2 aromatic rings. The molecule has 3 rings (SSSR count). The molecule has 0 aliphatic carbocycles. The highest BCUT2D eigenvalue weighted by atomic mass is 35.5. The Balaban J connectivity index is 1.61. The summed E-state index contributed by atoms with van der Waals surface area (Å²) in [5, 5.41) is 9.38. The molecule has 0 saturated carbocycles. The standard InChI is InChI=1S/C19H22ClN3O3/c20-14-4-5-15(16(12-14)23-19(25)17-2-1-11-26-17)22-18(24)6-3-13-7-9-21-10-8-13/h1-2,4-5,11-13,21H,3,6-10H2,(H,22,24)(H,23,25). The van der Waals surface area contributed by atoms with Crippen molar-refractivity contribution in [3.63, 3.8) is 0 Å². The van der Waals surface area contributed by atoms with Gasteiger partial charge in [-0.2, -0.15) is 0 Å². The van der Waals surface area contributed by atoms with E-state index in [0.29, 0.717) is 28.7 Å². The van der Waals surface area contributed by atoms with Crippen LogP contribution in [0.3, 0.4) is 0 Å². The average molecular weight is 376 g/mol. The molecule has 0 unspecified atom stereocenters. The first-order valence-electron chi connectivity index (χ1n) is 8.77. The maximum absolute atomic E-state index is 12.3. The van der Waals surface area contributed by atoms with Crippen molar-refractivity contribution in [1.82, 2.24) is 5.32 Å². The van der Waals surface area contributed by atoms with E-state index in [-0.39, 0.29) is 11.7 Å². The molecule has 3 N–H and O–H groups in total. The number of rotatable bonds is 6. The average Bonchev–Trinajstić information content (AvgIpc) is 3.18. The number of piperidine rings is 1. The van der Waals surface area contributed by atoms with Crippen LogP contribution in [0.15, 0.2) is 41.0 Å². The Morgan fingerprint density at radius 3 is 2.69 bits per heavy atom. The zero-order valence-electron chi connectivity index (χ0n) is 14.4. The van der Waals surface area contributed by atoms with Gasteiger partial charge in [-0.1, -0.05) is 11.6 Å². The van der Waals surface area contributed by atoms with Gasteiger partial charge in [0.15, 0.2) is 5.76 Å². The lowest BCUT2D eigenvalue weighted by atomic mass is 9.93. The zero-order valence-corrected chi connectivity index (χ0v) is 15.1. The molecular weight excluding hydrogens is 354 g/mol. The molecule has 138 valence electrons. The third kappa shape index (κ3) is 5.09. The molecule has 2 amide bonds. The van der Waals surface area contributed by atoms with Crippen LogP contribution >= 0.6 is 11.6 Å². The Labute approximate surface area is 157 Å². The molecule has 0 spiro atoms. The summed E-state index contributed by atoms with van der Waals surface area (Å²) in [5.41, 5.74) is 0.957. The third-order valence-electron chi connectivity index (χ3n) is 4.49. The van der Waals surface area contributed by atoms with E-state index in [1.165, 1.54) is 6.26 Å². The van der Waals surface area contributed by atoms with Gasteiger partial charge in [-0.25, -0.2) is 0 Å². The summed E-state index contributed by atoms with van der Waals surface area (Å²) in [5.74, 6) is 0.306. The van der Waals surface area contributed by atoms with Gasteiger partial charge in [0.1, 0.15) is 0 Å². The number of hydrogen-bond donors (Lipinski definition) is 3. The summed E-state index contributed by atoms with van der Waals surface area (Å²) < 4.78 is 5.09. The van der Waals surface area contributed by atoms with E-state index in [9.17, 15) is 9.59 Å². The van der Waals surface area contributed by atoms with Gasteiger partial charge in [0, 0.05) is 11.4 Å². The van der Waals surface area contributed by atoms with E-state index in [1.54, 1.807) is 30.3 Å². The summed E-state index contributed by atoms with van der Waals surface area (Å²) in [6, 6.07) is 8.16. The minimum absolute atomic E-state index is 0.0700. The maximum atomic E-state index is 12.3. The Bertz CT molecular complexity index is 755. The molecule has 26 heavy (non-hydrogen) atoms. The number of nitrogens with one attached hydrogen (secondary N) is 3. The summed E-state index contributed by atoms with van der Waals surface area (Å²) in [6.45, 7) is 2.04. The predicted octanol–water partition coefficient (Wildman–Crippen LogP) is 3.90. The van der Waals surface area contributed by atoms with Crippen molar-refractivity contribution in [2.24, 2.45) is 5.92 Å². The Kier molecular flexibility index (Phi) is 6.30. The van der Waals surface area contributed by atoms with Crippen LogP contribution in [0.25, 0.3) is 0 Å². The fourth-order valence-electron chi connectivity index (χ4n) is 3.04. The number of halogens is 1. The molecule has 1 aliphatic rings. The van der Waals surface area contributed by atoms with Crippen molar-refractivity contribution >= 4 is 34.8 Å². The topological polar surface area (TPSA) is 83.4 Å². The monoisotopic (exact) mass is 375 g/mol. The number of carbonyl (C=O) groups is 2. The highest BCUT2D eigenvalue weighted by Crippen LogP contribution is 2.27. The molecular formula is C19H22ClN3O3. The minimum atomic E-state index is -0.400. The lowest BCUT2D eigenvalue weighted by Gasteiger charge is -2.22. The lowest BCUT2D eigenvalue weighted by molar-refractivity contribution is -0.116. The van der Waals surface area contributed by atoms with Gasteiger partial charge < -0.3 is 20.4 Å². The molecule has 1 aliphatic heterocycles. The van der Waals surface area contributed by atoms with Crippen LogP contribution in [0.5, 0.6) is 0 Å². The summed E-state index contributed by atoms with van der Waals surface area (Å²) in [4.78, 5) is 24.5. The molecule has 1 aromatic carbocycles. The SMILES string of the molecule is O=C(CCC1CCNCC1)Nc1ccc(Cl)cc1NC(=O)c1ccco1. The molecule has 1 saturated heterocycles. The molecule has 1 aromatic heterocycles. The first kappa shape index (κ1) is 18.5. The summed E-state index contributed by atoms with van der Waals surface area (Å²) in [7, 11) is 0. The van der Waals surface area contributed by atoms with Crippen LogP contribution in [0.1, 0.15) is 36.2 Å². The van der Waals surface area contributed by atoms with Gasteiger partial charge in [-0.15, -0.1) is 0 Å². The maximum Gasteiger partial charge on any atom is 0.291 e. The quantitative estimate of drug-likeness (QED) is 0.714. The third-order valence-corrected chi connectivity index (χ3v) is 4.72. The molecule has 6 nitrogen and oxygen atoms in total. The Morgan fingerprint density at radius 2 is 1.96 bits per heavy atom. The van der Waals surface area contributed by atoms with Gasteiger partial charge in [-0.3, -0.25) is 9.59 Å². The second-order valence-electron chi connectivity index (χ2n) is 6.40. The van der Waals surface area contributed by atoms with Crippen molar-refractivity contribution < 1.29 is 14.0 Å². The first-order chi connectivity index (χ1) is 12.6. The number of amides is 2. The van der Waals surface area contributed by atoms with E-state index in [4.69, 9.17) is 16.0 Å². The Hall–Kier alpha value is -2.31. The number of benzene rings is 1. The largest absolute Gasteiger partial charge is 0.459 e. The van der Waals surface area contributed by atoms with Crippen LogP contribution in [0.4, 0.5) is 11.4 Å². The van der Waals surface area contributed by atoms with E-state index < -0.39 is 5.91 Å². The van der Waals surface area contributed by atoms with Gasteiger partial charge in [0.2, 0.25) is 5.91 Å². The second-order valence-corrected chi connectivity index (χ2v) is 6.84. The van der Waals surface area contributed by atoms with E-state index in [0.717, 1.165) is 32.4 Å².